The Morgan fingerprint density at radius 1 is 1.18 bits per heavy atom. The normalized spacial score (nSPS) is 15.3. The minimum Gasteiger partial charge on any atom is -0.462 e. The first-order valence-corrected chi connectivity index (χ1v) is 8.69. The molecule has 1 N–H and O–H groups in total. The van der Waals surface area contributed by atoms with E-state index in [-0.39, 0.29) is 12.0 Å². The minimum atomic E-state index is -0.365. The highest BCUT2D eigenvalue weighted by Gasteiger charge is 2.24. The Kier molecular flexibility index (Phi) is 5.83. The number of aryl methyl sites for hydroxylation is 1. The summed E-state index contributed by atoms with van der Waals surface area (Å²) in [6.07, 6.45) is 4.44. The number of esters is 1. The summed E-state index contributed by atoms with van der Waals surface area (Å²) in [4.78, 5) is 27.4. The molecule has 0 aliphatic carbocycles. The topological polar surface area (TPSA) is 58.6 Å². The molecular weight excluding hydrogens is 300 g/mol. The van der Waals surface area contributed by atoms with Gasteiger partial charge in [0.25, 0.3) is 0 Å². The maximum Gasteiger partial charge on any atom is 0.341 e. The molecule has 0 saturated carbocycles. The van der Waals surface area contributed by atoms with Crippen LogP contribution in [0.4, 0.5) is 9.80 Å². The maximum atomic E-state index is 12.4. The van der Waals surface area contributed by atoms with Gasteiger partial charge in [-0.15, -0.1) is 11.3 Å². The van der Waals surface area contributed by atoms with Crippen LogP contribution in [0.5, 0.6) is 0 Å². The highest BCUT2D eigenvalue weighted by Crippen LogP contribution is 2.33. The average molecular weight is 324 g/mol. The average Bonchev–Trinajstić information content (AvgIpc) is 2.69. The number of likely N-dealkylation sites (tertiary alicyclic amines) is 1. The lowest BCUT2D eigenvalue weighted by Gasteiger charge is -2.20. The van der Waals surface area contributed by atoms with Crippen molar-refractivity contribution in [2.24, 2.45) is 0 Å². The van der Waals surface area contributed by atoms with Gasteiger partial charge in [0.15, 0.2) is 0 Å². The zero-order valence-electron chi connectivity index (χ0n) is 13.5. The SMILES string of the molecule is CCOC(=O)c1c(NC(=O)N2CCCCCC2)sc(C)c1C. The van der Waals surface area contributed by atoms with Gasteiger partial charge in [-0.25, -0.2) is 9.59 Å². The number of nitrogens with zero attached hydrogens (tertiary/aromatic N) is 1. The summed E-state index contributed by atoms with van der Waals surface area (Å²) in [5.41, 5.74) is 1.38. The van der Waals surface area contributed by atoms with E-state index in [0.29, 0.717) is 17.2 Å². The number of ether oxygens (including phenoxy) is 1. The molecule has 1 aromatic heterocycles. The van der Waals surface area contributed by atoms with Gasteiger partial charge in [-0.05, 0) is 39.2 Å². The number of carbonyl (C=O) groups excluding carboxylic acids is 2. The van der Waals surface area contributed by atoms with Crippen LogP contribution in [0.3, 0.4) is 0 Å². The van der Waals surface area contributed by atoms with Crippen LogP contribution in [0.1, 0.15) is 53.4 Å². The molecule has 0 spiro atoms. The lowest BCUT2D eigenvalue weighted by Crippen LogP contribution is -2.35. The van der Waals surface area contributed by atoms with Crippen molar-refractivity contribution in [1.29, 1.82) is 0 Å². The Hall–Kier alpha value is -1.56. The molecule has 1 aliphatic heterocycles. The Balaban J connectivity index is 2.16. The van der Waals surface area contributed by atoms with Crippen LogP contribution < -0.4 is 5.32 Å². The summed E-state index contributed by atoms with van der Waals surface area (Å²) in [7, 11) is 0. The zero-order valence-corrected chi connectivity index (χ0v) is 14.3. The number of rotatable bonds is 3. The number of thiophene rings is 1. The Bertz CT molecular complexity index is 546. The van der Waals surface area contributed by atoms with E-state index in [1.165, 1.54) is 24.2 Å². The summed E-state index contributed by atoms with van der Waals surface area (Å²) in [6.45, 7) is 7.51. The van der Waals surface area contributed by atoms with Gasteiger partial charge in [0, 0.05) is 18.0 Å². The fourth-order valence-corrected chi connectivity index (χ4v) is 3.65. The van der Waals surface area contributed by atoms with E-state index in [2.05, 4.69) is 5.32 Å². The highest BCUT2D eigenvalue weighted by atomic mass is 32.1. The fourth-order valence-electron chi connectivity index (χ4n) is 2.61. The lowest BCUT2D eigenvalue weighted by atomic mass is 10.1. The Labute approximate surface area is 135 Å². The fraction of sp³-hybridized carbons (Fsp3) is 0.625. The molecule has 5 nitrogen and oxygen atoms in total. The predicted octanol–water partition coefficient (Wildman–Crippen LogP) is 3.95. The number of hydrogen-bond donors (Lipinski definition) is 1. The van der Waals surface area contributed by atoms with Crippen molar-refractivity contribution >= 4 is 28.3 Å². The van der Waals surface area contributed by atoms with Crippen molar-refractivity contribution in [3.05, 3.63) is 16.0 Å². The first-order chi connectivity index (χ1) is 10.5. The summed E-state index contributed by atoms with van der Waals surface area (Å²) in [6, 6.07) is -0.117. The largest absolute Gasteiger partial charge is 0.462 e. The molecule has 1 saturated heterocycles. The quantitative estimate of drug-likeness (QED) is 0.857. The van der Waals surface area contributed by atoms with E-state index in [9.17, 15) is 9.59 Å². The van der Waals surface area contributed by atoms with Crippen molar-refractivity contribution in [2.45, 2.75) is 46.5 Å². The summed E-state index contributed by atoms with van der Waals surface area (Å²) < 4.78 is 5.11. The first-order valence-electron chi connectivity index (χ1n) is 7.87. The van der Waals surface area contributed by atoms with Crippen LogP contribution >= 0.6 is 11.3 Å². The van der Waals surface area contributed by atoms with Crippen LogP contribution in [-0.4, -0.2) is 36.6 Å². The van der Waals surface area contributed by atoms with Crippen LogP contribution in [-0.2, 0) is 4.74 Å². The summed E-state index contributed by atoms with van der Waals surface area (Å²) >= 11 is 1.43. The van der Waals surface area contributed by atoms with E-state index in [4.69, 9.17) is 4.74 Å². The summed E-state index contributed by atoms with van der Waals surface area (Å²) in [5, 5.41) is 3.51. The van der Waals surface area contributed by atoms with Gasteiger partial charge < -0.3 is 9.64 Å². The molecule has 6 heteroatoms. The standard InChI is InChI=1S/C16H24N2O3S/c1-4-21-15(19)13-11(2)12(3)22-14(13)17-16(20)18-9-7-5-6-8-10-18/h4-10H2,1-3H3,(H,17,20). The zero-order chi connectivity index (χ0) is 16.1. The number of carbonyl (C=O) groups is 2. The molecule has 22 heavy (non-hydrogen) atoms. The van der Waals surface area contributed by atoms with Gasteiger partial charge in [0.05, 0.1) is 12.2 Å². The molecule has 2 rings (SSSR count). The number of nitrogens with one attached hydrogen (secondary N) is 1. The third-order valence-corrected chi connectivity index (χ3v) is 5.10. The van der Waals surface area contributed by atoms with E-state index >= 15 is 0 Å². The second-order valence-electron chi connectivity index (χ2n) is 5.54. The van der Waals surface area contributed by atoms with Gasteiger partial charge in [-0.2, -0.15) is 0 Å². The number of hydrogen-bond acceptors (Lipinski definition) is 4. The molecule has 1 aliphatic rings. The third kappa shape index (κ3) is 3.80. The number of anilines is 1. The minimum absolute atomic E-state index is 0.117. The molecule has 1 fully saturated rings. The second-order valence-corrected chi connectivity index (χ2v) is 6.76. The number of urea groups is 1. The van der Waals surface area contributed by atoms with Crippen molar-refractivity contribution in [1.82, 2.24) is 4.90 Å². The Morgan fingerprint density at radius 3 is 2.41 bits per heavy atom. The van der Waals surface area contributed by atoms with E-state index in [1.54, 1.807) is 6.92 Å². The first kappa shape index (κ1) is 16.8. The molecule has 2 heterocycles. The van der Waals surface area contributed by atoms with E-state index in [0.717, 1.165) is 36.4 Å². The third-order valence-electron chi connectivity index (χ3n) is 3.98. The predicted molar refractivity (Wildman–Crippen MR) is 88.8 cm³/mol. The highest BCUT2D eigenvalue weighted by molar-refractivity contribution is 7.16. The van der Waals surface area contributed by atoms with Crippen molar-refractivity contribution in [3.8, 4) is 0 Å². The smallest absolute Gasteiger partial charge is 0.341 e. The summed E-state index contributed by atoms with van der Waals surface area (Å²) in [5.74, 6) is -0.365. The molecule has 0 bridgehead atoms. The van der Waals surface area contributed by atoms with Crippen molar-refractivity contribution in [3.63, 3.8) is 0 Å². The van der Waals surface area contributed by atoms with Gasteiger partial charge in [-0.1, -0.05) is 12.8 Å². The van der Waals surface area contributed by atoms with Crippen LogP contribution in [0.15, 0.2) is 0 Å². The molecular formula is C16H24N2O3S. The van der Waals surface area contributed by atoms with Gasteiger partial charge in [-0.3, -0.25) is 5.32 Å². The second kappa shape index (κ2) is 7.63. The molecule has 0 atom stereocenters. The Morgan fingerprint density at radius 2 is 1.82 bits per heavy atom. The molecule has 0 unspecified atom stereocenters. The van der Waals surface area contributed by atoms with Crippen LogP contribution in [0, 0.1) is 13.8 Å². The van der Waals surface area contributed by atoms with Crippen LogP contribution in [0.25, 0.3) is 0 Å². The lowest BCUT2D eigenvalue weighted by molar-refractivity contribution is 0.0527. The molecule has 2 amide bonds. The van der Waals surface area contributed by atoms with E-state index < -0.39 is 0 Å². The maximum absolute atomic E-state index is 12.4. The van der Waals surface area contributed by atoms with Crippen molar-refractivity contribution in [2.75, 3.05) is 25.0 Å². The molecule has 0 radical (unpaired) electrons. The molecule has 1 aromatic rings. The number of amides is 2. The molecule has 122 valence electrons. The van der Waals surface area contributed by atoms with Crippen LogP contribution in [0.2, 0.25) is 0 Å². The monoisotopic (exact) mass is 324 g/mol. The van der Waals surface area contributed by atoms with Gasteiger partial charge in [0.2, 0.25) is 0 Å². The van der Waals surface area contributed by atoms with Gasteiger partial charge in [0.1, 0.15) is 5.00 Å². The van der Waals surface area contributed by atoms with Gasteiger partial charge >= 0.3 is 12.0 Å². The van der Waals surface area contributed by atoms with E-state index in [1.807, 2.05) is 18.7 Å². The van der Waals surface area contributed by atoms with Crippen molar-refractivity contribution < 1.29 is 14.3 Å². The molecule has 0 aromatic carbocycles.